The predicted molar refractivity (Wildman–Crippen MR) is 143 cm³/mol. The summed E-state index contributed by atoms with van der Waals surface area (Å²) in [5.41, 5.74) is 0.902. The number of rotatable bonds is 6. The number of alkyl halides is 3. The van der Waals surface area contributed by atoms with E-state index in [2.05, 4.69) is 15.6 Å². The number of aryl methyl sites for hydroxylation is 1. The summed E-state index contributed by atoms with van der Waals surface area (Å²) in [7, 11) is 0. The lowest BCUT2D eigenvalue weighted by Gasteiger charge is -2.21. The lowest BCUT2D eigenvalue weighted by atomic mass is 9.97. The van der Waals surface area contributed by atoms with Crippen LogP contribution in [0, 0.1) is 13.8 Å². The third-order valence-electron chi connectivity index (χ3n) is 5.60. The van der Waals surface area contributed by atoms with Crippen LogP contribution in [-0.2, 0) is 15.7 Å². The fourth-order valence-corrected chi connectivity index (χ4v) is 3.94. The first-order valence-electron chi connectivity index (χ1n) is 11.8. The average Bonchev–Trinajstić information content (AvgIpc) is 2.80. The molecule has 206 valence electrons. The first kappa shape index (κ1) is 29.6. The molecule has 0 unspecified atom stereocenters. The molecule has 39 heavy (non-hydrogen) atoms. The Balaban J connectivity index is 1.85. The van der Waals surface area contributed by atoms with E-state index in [0.29, 0.717) is 6.07 Å². The van der Waals surface area contributed by atoms with E-state index in [9.17, 15) is 27.6 Å². The number of pyridine rings is 1. The number of amides is 2. The summed E-state index contributed by atoms with van der Waals surface area (Å²) in [6, 6.07) is 9.93. The maximum atomic E-state index is 13.5. The molecule has 0 fully saturated rings. The van der Waals surface area contributed by atoms with Crippen molar-refractivity contribution in [3.05, 3.63) is 76.1 Å². The zero-order valence-electron chi connectivity index (χ0n) is 21.9. The van der Waals surface area contributed by atoms with Crippen LogP contribution in [0.1, 0.15) is 54.4 Å². The van der Waals surface area contributed by atoms with Crippen molar-refractivity contribution in [1.82, 2.24) is 4.98 Å². The molecule has 1 heterocycles. The summed E-state index contributed by atoms with van der Waals surface area (Å²) in [6.45, 7) is 8.58. The van der Waals surface area contributed by atoms with Gasteiger partial charge in [-0.1, -0.05) is 29.8 Å². The van der Waals surface area contributed by atoms with Gasteiger partial charge >= 0.3 is 12.3 Å². The topological polar surface area (TPSA) is 97.4 Å². The zero-order chi connectivity index (χ0) is 29.1. The molecule has 7 nitrogen and oxygen atoms in total. The number of halogens is 4. The molecular formula is C28H27ClF3N3O4. The van der Waals surface area contributed by atoms with Crippen LogP contribution in [0.5, 0.6) is 0 Å². The van der Waals surface area contributed by atoms with Gasteiger partial charge < -0.3 is 10.1 Å². The van der Waals surface area contributed by atoms with E-state index in [4.69, 9.17) is 16.3 Å². The van der Waals surface area contributed by atoms with Crippen molar-refractivity contribution < 1.29 is 32.3 Å². The van der Waals surface area contributed by atoms with Crippen molar-refractivity contribution in [3.8, 4) is 11.1 Å². The number of carbonyl (C=O) groups excluding carboxylic acids is 3. The summed E-state index contributed by atoms with van der Waals surface area (Å²) in [5.74, 6) is -1.44. The fourth-order valence-electron chi connectivity index (χ4n) is 3.67. The van der Waals surface area contributed by atoms with Gasteiger partial charge in [-0.15, -0.1) is 0 Å². The molecule has 2 amide bonds. The number of ketones is 1. The Morgan fingerprint density at radius 1 is 0.974 bits per heavy atom. The van der Waals surface area contributed by atoms with E-state index in [1.54, 1.807) is 45.2 Å². The first-order valence-corrected chi connectivity index (χ1v) is 12.2. The van der Waals surface area contributed by atoms with Crippen LogP contribution in [0.2, 0.25) is 5.02 Å². The molecule has 0 atom stereocenters. The second-order valence-electron chi connectivity index (χ2n) is 9.80. The molecule has 0 spiro atoms. The third kappa shape index (κ3) is 7.79. The van der Waals surface area contributed by atoms with Crippen LogP contribution >= 0.6 is 11.6 Å². The highest BCUT2D eigenvalue weighted by molar-refractivity contribution is 6.32. The number of Topliss-reactive ketones (excluding diaryl/α,β-unsaturated/α-hetero) is 1. The molecule has 11 heteroatoms. The minimum absolute atomic E-state index is 0.228. The lowest BCUT2D eigenvalue weighted by Crippen LogP contribution is -2.28. The van der Waals surface area contributed by atoms with Crippen molar-refractivity contribution in [1.29, 1.82) is 0 Å². The van der Waals surface area contributed by atoms with Crippen molar-refractivity contribution in [2.75, 3.05) is 10.6 Å². The Hall–Kier alpha value is -3.92. The van der Waals surface area contributed by atoms with Crippen LogP contribution in [0.25, 0.3) is 11.1 Å². The normalized spacial score (nSPS) is 11.6. The zero-order valence-corrected chi connectivity index (χ0v) is 22.7. The highest BCUT2D eigenvalue weighted by Gasteiger charge is 2.34. The molecule has 0 bridgehead atoms. The monoisotopic (exact) mass is 561 g/mol. The number of ether oxygens (including phenoxy) is 1. The smallest absolute Gasteiger partial charge is 0.417 e. The van der Waals surface area contributed by atoms with Gasteiger partial charge in [-0.2, -0.15) is 13.2 Å². The predicted octanol–water partition coefficient (Wildman–Crippen LogP) is 7.60. The number of hydrogen-bond donors (Lipinski definition) is 2. The molecular weight excluding hydrogens is 535 g/mol. The fraction of sp³-hybridized carbons (Fsp3) is 0.286. The van der Waals surface area contributed by atoms with Gasteiger partial charge in [0.2, 0.25) is 5.91 Å². The highest BCUT2D eigenvalue weighted by Crippen LogP contribution is 2.40. The molecule has 1 aromatic heterocycles. The maximum Gasteiger partial charge on any atom is 0.417 e. The molecule has 0 radical (unpaired) electrons. The van der Waals surface area contributed by atoms with E-state index >= 15 is 0 Å². The van der Waals surface area contributed by atoms with Crippen molar-refractivity contribution >= 4 is 40.8 Å². The summed E-state index contributed by atoms with van der Waals surface area (Å²) < 4.78 is 45.6. The number of nitrogens with zero attached hydrogens (tertiary/aromatic N) is 1. The maximum absolute atomic E-state index is 13.5. The molecule has 2 N–H and O–H groups in total. The number of aromatic nitrogens is 1. The van der Waals surface area contributed by atoms with Crippen molar-refractivity contribution in [2.45, 2.75) is 52.8 Å². The minimum atomic E-state index is -4.83. The van der Waals surface area contributed by atoms with Gasteiger partial charge in [0.15, 0.2) is 5.78 Å². The minimum Gasteiger partial charge on any atom is -0.444 e. The Morgan fingerprint density at radius 3 is 2.28 bits per heavy atom. The van der Waals surface area contributed by atoms with Crippen LogP contribution in [0.15, 0.2) is 48.7 Å². The molecule has 0 aliphatic carbocycles. The quantitative estimate of drug-likeness (QED) is 0.238. The van der Waals surface area contributed by atoms with Gasteiger partial charge in [-0.05, 0) is 75.6 Å². The summed E-state index contributed by atoms with van der Waals surface area (Å²) in [6.07, 6.45) is -4.80. The average molecular weight is 562 g/mol. The van der Waals surface area contributed by atoms with E-state index < -0.39 is 52.3 Å². The molecule has 0 aliphatic heterocycles. The van der Waals surface area contributed by atoms with Gasteiger partial charge in [0.1, 0.15) is 5.60 Å². The third-order valence-corrected chi connectivity index (χ3v) is 5.91. The molecule has 3 aromatic rings. The number of benzene rings is 2. The Morgan fingerprint density at radius 2 is 1.64 bits per heavy atom. The summed E-state index contributed by atoms with van der Waals surface area (Å²) in [5, 5.41) is 3.89. The van der Waals surface area contributed by atoms with Crippen LogP contribution in [-0.4, -0.2) is 28.4 Å². The summed E-state index contributed by atoms with van der Waals surface area (Å²) >= 11 is 5.81. The highest BCUT2D eigenvalue weighted by atomic mass is 35.5. The van der Waals surface area contributed by atoms with E-state index in [-0.39, 0.29) is 11.3 Å². The number of hydrogen-bond acceptors (Lipinski definition) is 5. The first-order chi connectivity index (χ1) is 18.0. The van der Waals surface area contributed by atoms with Crippen LogP contribution in [0.3, 0.4) is 0 Å². The van der Waals surface area contributed by atoms with Crippen LogP contribution < -0.4 is 10.6 Å². The molecule has 2 aromatic carbocycles. The lowest BCUT2D eigenvalue weighted by molar-refractivity contribution is -0.137. The molecule has 0 aliphatic rings. The van der Waals surface area contributed by atoms with Crippen molar-refractivity contribution in [2.24, 2.45) is 0 Å². The Labute approximate surface area is 228 Å². The second-order valence-corrected chi connectivity index (χ2v) is 10.2. The van der Waals surface area contributed by atoms with Crippen molar-refractivity contribution in [3.63, 3.8) is 0 Å². The SMILES string of the molecule is Cc1nccc(-c2cccc(C(=O)CC(=O)Nc3cc(C(F)(F)F)c(Cl)cc3NC(=O)OC(C)(C)C)c2)c1C. The Bertz CT molecular complexity index is 1430. The largest absolute Gasteiger partial charge is 0.444 e. The summed E-state index contributed by atoms with van der Waals surface area (Å²) in [4.78, 5) is 42.2. The molecule has 0 saturated carbocycles. The number of nitrogens with one attached hydrogen (secondary N) is 2. The van der Waals surface area contributed by atoms with E-state index in [0.717, 1.165) is 28.5 Å². The number of carbonyl (C=O) groups is 3. The second kappa shape index (κ2) is 11.4. The van der Waals surface area contributed by atoms with Gasteiger partial charge in [-0.3, -0.25) is 19.9 Å². The van der Waals surface area contributed by atoms with Gasteiger partial charge in [0.05, 0.1) is 28.4 Å². The van der Waals surface area contributed by atoms with E-state index in [1.807, 2.05) is 26.0 Å². The molecule has 0 saturated heterocycles. The van der Waals surface area contributed by atoms with Gasteiger partial charge in [0.25, 0.3) is 0 Å². The van der Waals surface area contributed by atoms with Gasteiger partial charge in [-0.25, -0.2) is 4.79 Å². The number of anilines is 2. The van der Waals surface area contributed by atoms with E-state index in [1.165, 1.54) is 0 Å². The molecule has 3 rings (SSSR count). The standard InChI is InChI=1S/C28H27ClF3N3O4/c1-15-16(2)33-10-9-19(15)17-7-6-8-18(11-17)24(36)14-25(37)34-22-12-20(28(30,31)32)21(29)13-23(22)35-26(38)39-27(3,4)5/h6-13H,14H2,1-5H3,(H,34,37)(H,35,38). The van der Waals surface area contributed by atoms with Gasteiger partial charge in [0, 0.05) is 17.5 Å². The van der Waals surface area contributed by atoms with Crippen LogP contribution in [0.4, 0.5) is 29.3 Å². The Kier molecular flexibility index (Phi) is 8.70.